The summed E-state index contributed by atoms with van der Waals surface area (Å²) in [6.07, 6.45) is 4.02. The van der Waals surface area contributed by atoms with Gasteiger partial charge in [-0.2, -0.15) is 0 Å². The maximum absolute atomic E-state index is 5.78. The van der Waals surface area contributed by atoms with Crippen molar-refractivity contribution >= 4 is 5.69 Å². The third-order valence-electron chi connectivity index (χ3n) is 3.60. The zero-order valence-corrected chi connectivity index (χ0v) is 10.3. The number of anilines is 1. The minimum atomic E-state index is 0.268. The van der Waals surface area contributed by atoms with Gasteiger partial charge in [0.05, 0.1) is 12.2 Å². The molecule has 2 N–H and O–H groups in total. The van der Waals surface area contributed by atoms with Gasteiger partial charge in [-0.05, 0) is 50.4 Å². The molecule has 3 nitrogen and oxygen atoms in total. The standard InChI is InChI=1S/C14H20N2O/c1-10-9-16-13-8-11(4-5-14(13)17-10)7-12-3-2-6-15-12/h4-5,8,10,12,15-16H,2-3,6-7,9H2,1H3. The first kappa shape index (κ1) is 10.9. The molecule has 1 aromatic carbocycles. The van der Waals surface area contributed by atoms with E-state index in [4.69, 9.17) is 4.74 Å². The first-order valence-electron chi connectivity index (χ1n) is 6.58. The van der Waals surface area contributed by atoms with Crippen molar-refractivity contribution in [2.75, 3.05) is 18.4 Å². The molecule has 0 bridgehead atoms. The molecule has 0 saturated carbocycles. The highest BCUT2D eigenvalue weighted by molar-refractivity contribution is 5.59. The molecule has 3 rings (SSSR count). The molecule has 0 radical (unpaired) electrons. The predicted octanol–water partition coefficient (Wildman–Crippen LogP) is 2.17. The Labute approximate surface area is 103 Å². The number of fused-ring (bicyclic) bond motifs is 1. The number of hydrogen-bond acceptors (Lipinski definition) is 3. The van der Waals surface area contributed by atoms with Crippen LogP contribution in [0.3, 0.4) is 0 Å². The summed E-state index contributed by atoms with van der Waals surface area (Å²) in [7, 11) is 0. The maximum atomic E-state index is 5.78. The van der Waals surface area contributed by atoms with Crippen molar-refractivity contribution in [3.05, 3.63) is 23.8 Å². The van der Waals surface area contributed by atoms with Crippen LogP contribution in [0.25, 0.3) is 0 Å². The lowest BCUT2D eigenvalue weighted by atomic mass is 10.0. The van der Waals surface area contributed by atoms with Crippen molar-refractivity contribution in [3.8, 4) is 5.75 Å². The second kappa shape index (κ2) is 4.57. The van der Waals surface area contributed by atoms with E-state index in [1.54, 1.807) is 0 Å². The van der Waals surface area contributed by atoms with Gasteiger partial charge < -0.3 is 15.4 Å². The molecular formula is C14H20N2O. The third kappa shape index (κ3) is 2.39. The van der Waals surface area contributed by atoms with Gasteiger partial charge in [-0.1, -0.05) is 6.07 Å². The minimum absolute atomic E-state index is 0.268. The number of rotatable bonds is 2. The third-order valence-corrected chi connectivity index (χ3v) is 3.60. The molecule has 2 aliphatic rings. The SMILES string of the molecule is CC1CNc2cc(CC3CCCN3)ccc2O1. The van der Waals surface area contributed by atoms with E-state index in [0.29, 0.717) is 6.04 Å². The summed E-state index contributed by atoms with van der Waals surface area (Å²) >= 11 is 0. The Morgan fingerprint density at radius 2 is 2.35 bits per heavy atom. The fourth-order valence-electron chi connectivity index (χ4n) is 2.67. The van der Waals surface area contributed by atoms with Crippen molar-refractivity contribution in [1.29, 1.82) is 0 Å². The molecule has 92 valence electrons. The Balaban J connectivity index is 1.74. The van der Waals surface area contributed by atoms with Crippen molar-refractivity contribution in [2.24, 2.45) is 0 Å². The van der Waals surface area contributed by atoms with Crippen molar-refractivity contribution in [1.82, 2.24) is 5.32 Å². The van der Waals surface area contributed by atoms with Gasteiger partial charge in [0.2, 0.25) is 0 Å². The molecule has 2 unspecified atom stereocenters. The van der Waals surface area contributed by atoms with Crippen LogP contribution in [0, 0.1) is 0 Å². The fraction of sp³-hybridized carbons (Fsp3) is 0.571. The number of nitrogens with one attached hydrogen (secondary N) is 2. The average molecular weight is 232 g/mol. The summed E-state index contributed by atoms with van der Waals surface area (Å²) in [5.41, 5.74) is 2.55. The summed E-state index contributed by atoms with van der Waals surface area (Å²) in [4.78, 5) is 0. The van der Waals surface area contributed by atoms with E-state index in [-0.39, 0.29) is 6.10 Å². The molecule has 1 fully saturated rings. The molecule has 0 spiro atoms. The van der Waals surface area contributed by atoms with E-state index < -0.39 is 0 Å². The minimum Gasteiger partial charge on any atom is -0.487 e. The first-order valence-corrected chi connectivity index (χ1v) is 6.58. The fourth-order valence-corrected chi connectivity index (χ4v) is 2.67. The van der Waals surface area contributed by atoms with Crippen LogP contribution < -0.4 is 15.4 Å². The molecule has 1 saturated heterocycles. The average Bonchev–Trinajstić information content (AvgIpc) is 2.82. The van der Waals surface area contributed by atoms with E-state index >= 15 is 0 Å². The molecule has 0 aliphatic carbocycles. The zero-order chi connectivity index (χ0) is 11.7. The summed E-state index contributed by atoms with van der Waals surface area (Å²) in [5, 5.41) is 6.97. The summed E-state index contributed by atoms with van der Waals surface area (Å²) in [6.45, 7) is 4.17. The van der Waals surface area contributed by atoms with Crippen molar-refractivity contribution in [2.45, 2.75) is 38.3 Å². The van der Waals surface area contributed by atoms with Crippen LogP contribution in [0.4, 0.5) is 5.69 Å². The lowest BCUT2D eigenvalue weighted by Crippen LogP contribution is -2.28. The van der Waals surface area contributed by atoms with Crippen molar-refractivity contribution in [3.63, 3.8) is 0 Å². The Morgan fingerprint density at radius 1 is 1.41 bits per heavy atom. The van der Waals surface area contributed by atoms with Gasteiger partial charge in [0.15, 0.2) is 0 Å². The molecule has 2 atom stereocenters. The molecule has 1 aromatic rings. The van der Waals surface area contributed by atoms with Crippen LogP contribution in [0.1, 0.15) is 25.3 Å². The lowest BCUT2D eigenvalue weighted by molar-refractivity contribution is 0.226. The normalized spacial score (nSPS) is 27.1. The monoisotopic (exact) mass is 232 g/mol. The quantitative estimate of drug-likeness (QED) is 0.820. The molecule has 2 aliphatic heterocycles. The molecule has 0 amide bonds. The van der Waals surface area contributed by atoms with Crippen LogP contribution in [-0.2, 0) is 6.42 Å². The highest BCUT2D eigenvalue weighted by Crippen LogP contribution is 2.30. The van der Waals surface area contributed by atoms with Gasteiger partial charge >= 0.3 is 0 Å². The molecule has 2 heterocycles. The van der Waals surface area contributed by atoms with E-state index in [2.05, 4.69) is 35.8 Å². The molecule has 3 heteroatoms. The smallest absolute Gasteiger partial charge is 0.142 e. The van der Waals surface area contributed by atoms with Gasteiger partial charge in [0, 0.05) is 6.04 Å². The van der Waals surface area contributed by atoms with E-state index in [9.17, 15) is 0 Å². The van der Waals surface area contributed by atoms with Crippen LogP contribution in [-0.4, -0.2) is 25.2 Å². The Morgan fingerprint density at radius 3 is 3.18 bits per heavy atom. The highest BCUT2D eigenvalue weighted by atomic mass is 16.5. The zero-order valence-electron chi connectivity index (χ0n) is 10.3. The van der Waals surface area contributed by atoms with Crippen LogP contribution >= 0.6 is 0 Å². The van der Waals surface area contributed by atoms with Crippen molar-refractivity contribution < 1.29 is 4.74 Å². The number of benzene rings is 1. The van der Waals surface area contributed by atoms with Crippen LogP contribution in [0.15, 0.2) is 18.2 Å². The second-order valence-electron chi connectivity index (χ2n) is 5.14. The van der Waals surface area contributed by atoms with Gasteiger partial charge in [0.25, 0.3) is 0 Å². The van der Waals surface area contributed by atoms with Crippen LogP contribution in [0.5, 0.6) is 5.75 Å². The number of ether oxygens (including phenoxy) is 1. The Hall–Kier alpha value is -1.22. The van der Waals surface area contributed by atoms with Gasteiger partial charge in [-0.25, -0.2) is 0 Å². The summed E-state index contributed by atoms with van der Waals surface area (Å²) < 4.78 is 5.78. The lowest BCUT2D eigenvalue weighted by Gasteiger charge is -2.25. The van der Waals surface area contributed by atoms with Crippen LogP contribution in [0.2, 0.25) is 0 Å². The summed E-state index contributed by atoms with van der Waals surface area (Å²) in [5.74, 6) is 0.992. The molecule has 17 heavy (non-hydrogen) atoms. The van der Waals surface area contributed by atoms with E-state index in [1.165, 1.54) is 24.9 Å². The van der Waals surface area contributed by atoms with E-state index in [0.717, 1.165) is 24.4 Å². The second-order valence-corrected chi connectivity index (χ2v) is 5.14. The first-order chi connectivity index (χ1) is 8.31. The largest absolute Gasteiger partial charge is 0.487 e. The van der Waals surface area contributed by atoms with Gasteiger partial charge in [-0.3, -0.25) is 0 Å². The Bertz CT molecular complexity index is 399. The van der Waals surface area contributed by atoms with Gasteiger partial charge in [-0.15, -0.1) is 0 Å². The molecular weight excluding hydrogens is 212 g/mol. The summed E-state index contributed by atoms with van der Waals surface area (Å²) in [6, 6.07) is 7.19. The predicted molar refractivity (Wildman–Crippen MR) is 69.8 cm³/mol. The van der Waals surface area contributed by atoms with E-state index in [1.807, 2.05) is 0 Å². The number of hydrogen-bond donors (Lipinski definition) is 2. The highest BCUT2D eigenvalue weighted by Gasteiger charge is 2.18. The maximum Gasteiger partial charge on any atom is 0.142 e. The van der Waals surface area contributed by atoms with Gasteiger partial charge in [0.1, 0.15) is 11.9 Å². The topological polar surface area (TPSA) is 33.3 Å². The Kier molecular flexibility index (Phi) is 2.93. The molecule has 0 aromatic heterocycles.